The molecule has 2 rings (SSSR count). The first-order valence-electron chi connectivity index (χ1n) is 5.55. The molecule has 1 aromatic heterocycles. The van der Waals surface area contributed by atoms with Crippen LogP contribution < -0.4 is 5.32 Å². The van der Waals surface area contributed by atoms with Crippen LogP contribution in [0.4, 0.5) is 0 Å². The predicted octanol–water partition coefficient (Wildman–Crippen LogP) is 3.30. The molecule has 2 aromatic rings. The summed E-state index contributed by atoms with van der Waals surface area (Å²) in [5.74, 6) is 0.253. The van der Waals surface area contributed by atoms with Gasteiger partial charge in [0.2, 0.25) is 0 Å². The van der Waals surface area contributed by atoms with Crippen LogP contribution >= 0.6 is 22.6 Å². The number of amides is 1. The molecule has 1 heterocycles. The molecule has 17 heavy (non-hydrogen) atoms. The van der Waals surface area contributed by atoms with Crippen LogP contribution in [-0.2, 0) is 0 Å². The maximum atomic E-state index is 11.8. The Balaban J connectivity index is 2.15. The van der Waals surface area contributed by atoms with Gasteiger partial charge in [-0.15, -0.1) is 0 Å². The van der Waals surface area contributed by atoms with Gasteiger partial charge in [-0.05, 0) is 31.5 Å². The number of benzene rings is 1. The molecule has 0 saturated heterocycles. The minimum Gasteiger partial charge on any atom is -0.451 e. The minimum atomic E-state index is -0.135. The van der Waals surface area contributed by atoms with Crippen LogP contribution in [-0.4, -0.2) is 16.9 Å². The van der Waals surface area contributed by atoms with Gasteiger partial charge in [0.15, 0.2) is 5.76 Å². The number of hydrogen-bond acceptors (Lipinski definition) is 2. The summed E-state index contributed by atoms with van der Waals surface area (Å²) in [6, 6.07) is 7.68. The number of rotatable bonds is 4. The number of halogens is 1. The summed E-state index contributed by atoms with van der Waals surface area (Å²) < 4.78 is 6.54. The highest BCUT2D eigenvalue weighted by Crippen LogP contribution is 2.20. The van der Waals surface area contributed by atoms with Crippen LogP contribution in [0, 0.1) is 6.92 Å². The lowest BCUT2D eigenvalue weighted by Gasteiger charge is -1.99. The fourth-order valence-electron chi connectivity index (χ4n) is 1.63. The molecule has 0 radical (unpaired) electrons. The van der Waals surface area contributed by atoms with E-state index in [-0.39, 0.29) is 5.91 Å². The topological polar surface area (TPSA) is 42.2 Å². The molecule has 0 atom stereocenters. The molecule has 1 N–H and O–H groups in total. The Hall–Kier alpha value is -1.04. The van der Waals surface area contributed by atoms with Crippen LogP contribution in [0.1, 0.15) is 22.5 Å². The van der Waals surface area contributed by atoms with Crippen molar-refractivity contribution in [3.05, 3.63) is 35.6 Å². The molecular formula is C13H14INO2. The zero-order valence-corrected chi connectivity index (χ0v) is 11.8. The Kier molecular flexibility index (Phi) is 4.04. The van der Waals surface area contributed by atoms with Crippen LogP contribution in [0.15, 0.2) is 28.7 Å². The van der Waals surface area contributed by atoms with Crippen LogP contribution in [0.3, 0.4) is 0 Å². The molecule has 0 aliphatic heterocycles. The third-order valence-electron chi connectivity index (χ3n) is 2.49. The molecule has 0 fully saturated rings. The summed E-state index contributed by atoms with van der Waals surface area (Å²) >= 11 is 2.29. The molecule has 3 nitrogen and oxygen atoms in total. The molecule has 0 spiro atoms. The van der Waals surface area contributed by atoms with E-state index < -0.39 is 0 Å². The summed E-state index contributed by atoms with van der Waals surface area (Å²) in [6.45, 7) is 2.71. The molecule has 1 amide bonds. The lowest BCUT2D eigenvalue weighted by molar-refractivity contribution is 0.0928. The van der Waals surface area contributed by atoms with Crippen molar-refractivity contribution in [2.45, 2.75) is 13.3 Å². The number of aryl methyl sites for hydroxylation is 1. The molecule has 0 bridgehead atoms. The van der Waals surface area contributed by atoms with E-state index in [4.69, 9.17) is 4.42 Å². The van der Waals surface area contributed by atoms with Crippen LogP contribution in [0.2, 0.25) is 0 Å². The fourth-order valence-corrected chi connectivity index (χ4v) is 2.01. The number of nitrogens with one attached hydrogen (secondary N) is 1. The van der Waals surface area contributed by atoms with E-state index in [1.54, 1.807) is 6.07 Å². The summed E-state index contributed by atoms with van der Waals surface area (Å²) in [6.07, 6.45) is 0.978. The summed E-state index contributed by atoms with van der Waals surface area (Å²) in [5.41, 5.74) is 1.92. The SMILES string of the molecule is Cc1ccc2oc(C(=O)NCCCI)cc2c1. The standard InChI is InChI=1S/C13H14INO2/c1-9-3-4-11-10(7-9)8-12(17-11)13(16)15-6-2-5-14/h3-4,7-8H,2,5-6H2,1H3,(H,15,16). The number of fused-ring (bicyclic) bond motifs is 1. The Labute approximate surface area is 114 Å². The van der Waals surface area contributed by atoms with Crippen molar-refractivity contribution in [1.82, 2.24) is 5.32 Å². The van der Waals surface area contributed by atoms with E-state index in [0.717, 1.165) is 27.4 Å². The minimum absolute atomic E-state index is 0.135. The average Bonchev–Trinajstić information content (AvgIpc) is 2.72. The second kappa shape index (κ2) is 5.53. The van der Waals surface area contributed by atoms with Gasteiger partial charge >= 0.3 is 0 Å². The third kappa shape index (κ3) is 3.00. The first-order chi connectivity index (χ1) is 8.20. The highest BCUT2D eigenvalue weighted by Gasteiger charge is 2.11. The van der Waals surface area contributed by atoms with Crippen molar-refractivity contribution in [1.29, 1.82) is 0 Å². The van der Waals surface area contributed by atoms with Gasteiger partial charge in [0.25, 0.3) is 5.91 Å². The van der Waals surface area contributed by atoms with Crippen molar-refractivity contribution in [3.63, 3.8) is 0 Å². The molecule has 0 aliphatic carbocycles. The molecule has 1 aromatic carbocycles. The number of carbonyl (C=O) groups is 1. The Morgan fingerprint density at radius 1 is 1.41 bits per heavy atom. The van der Waals surface area contributed by atoms with Crippen molar-refractivity contribution in [2.75, 3.05) is 11.0 Å². The quantitative estimate of drug-likeness (QED) is 0.526. The van der Waals surface area contributed by atoms with Gasteiger partial charge in [-0.2, -0.15) is 0 Å². The lowest BCUT2D eigenvalue weighted by atomic mass is 10.2. The van der Waals surface area contributed by atoms with Gasteiger partial charge < -0.3 is 9.73 Å². The van der Waals surface area contributed by atoms with Crippen molar-refractivity contribution >= 4 is 39.5 Å². The maximum absolute atomic E-state index is 11.8. The van der Waals surface area contributed by atoms with E-state index in [1.165, 1.54) is 0 Å². The van der Waals surface area contributed by atoms with Gasteiger partial charge in [-0.1, -0.05) is 34.2 Å². The lowest BCUT2D eigenvalue weighted by Crippen LogP contribution is -2.24. The number of carbonyl (C=O) groups excluding carboxylic acids is 1. The van der Waals surface area contributed by atoms with Gasteiger partial charge in [0, 0.05) is 16.4 Å². The van der Waals surface area contributed by atoms with Gasteiger partial charge in [-0.3, -0.25) is 4.79 Å². The first kappa shape index (κ1) is 12.4. The van der Waals surface area contributed by atoms with E-state index in [1.807, 2.05) is 25.1 Å². The third-order valence-corrected chi connectivity index (χ3v) is 3.25. The monoisotopic (exact) mass is 343 g/mol. The molecule has 0 unspecified atom stereocenters. The highest BCUT2D eigenvalue weighted by molar-refractivity contribution is 14.1. The summed E-state index contributed by atoms with van der Waals surface area (Å²) in [7, 11) is 0. The predicted molar refractivity (Wildman–Crippen MR) is 76.8 cm³/mol. The normalized spacial score (nSPS) is 10.7. The van der Waals surface area contributed by atoms with Gasteiger partial charge in [-0.25, -0.2) is 0 Å². The average molecular weight is 343 g/mol. The Morgan fingerprint density at radius 3 is 3.00 bits per heavy atom. The van der Waals surface area contributed by atoms with Crippen molar-refractivity contribution < 1.29 is 9.21 Å². The zero-order chi connectivity index (χ0) is 12.3. The molecular weight excluding hydrogens is 329 g/mol. The van der Waals surface area contributed by atoms with Crippen molar-refractivity contribution in [3.8, 4) is 0 Å². The summed E-state index contributed by atoms with van der Waals surface area (Å²) in [5, 5.41) is 3.81. The number of furan rings is 1. The van der Waals surface area contributed by atoms with E-state index in [9.17, 15) is 4.79 Å². The molecule has 0 saturated carbocycles. The van der Waals surface area contributed by atoms with Crippen LogP contribution in [0.25, 0.3) is 11.0 Å². The second-order valence-corrected chi connectivity index (χ2v) is 5.03. The Bertz CT molecular complexity index is 533. The highest BCUT2D eigenvalue weighted by atomic mass is 127. The molecule has 4 heteroatoms. The van der Waals surface area contributed by atoms with E-state index in [0.29, 0.717) is 12.3 Å². The zero-order valence-electron chi connectivity index (χ0n) is 9.63. The number of hydrogen-bond donors (Lipinski definition) is 1. The van der Waals surface area contributed by atoms with Crippen molar-refractivity contribution in [2.24, 2.45) is 0 Å². The maximum Gasteiger partial charge on any atom is 0.287 e. The van der Waals surface area contributed by atoms with E-state index in [2.05, 4.69) is 27.9 Å². The van der Waals surface area contributed by atoms with Gasteiger partial charge in [0.05, 0.1) is 0 Å². The smallest absolute Gasteiger partial charge is 0.287 e. The summed E-state index contributed by atoms with van der Waals surface area (Å²) in [4.78, 5) is 11.8. The van der Waals surface area contributed by atoms with Gasteiger partial charge in [0.1, 0.15) is 5.58 Å². The molecule has 90 valence electrons. The van der Waals surface area contributed by atoms with Crippen LogP contribution in [0.5, 0.6) is 0 Å². The second-order valence-electron chi connectivity index (χ2n) is 3.95. The number of alkyl halides is 1. The molecule has 0 aliphatic rings. The first-order valence-corrected chi connectivity index (χ1v) is 7.07. The van der Waals surface area contributed by atoms with E-state index >= 15 is 0 Å². The fraction of sp³-hybridized carbons (Fsp3) is 0.308. The Morgan fingerprint density at radius 2 is 2.24 bits per heavy atom. The largest absolute Gasteiger partial charge is 0.451 e.